The first-order valence-corrected chi connectivity index (χ1v) is 6.21. The van der Waals surface area contributed by atoms with Gasteiger partial charge in [-0.15, -0.1) is 0 Å². The molecule has 1 heterocycles. The fourth-order valence-electron chi connectivity index (χ4n) is 2.19. The van der Waals surface area contributed by atoms with Crippen LogP contribution in [0.25, 0.3) is 11.0 Å². The Morgan fingerprint density at radius 1 is 1.28 bits per heavy atom. The van der Waals surface area contributed by atoms with E-state index >= 15 is 0 Å². The minimum absolute atomic E-state index is 0.143. The maximum atomic E-state index is 11.7. The van der Waals surface area contributed by atoms with Gasteiger partial charge < -0.3 is 15.3 Å². The topological polar surface area (TPSA) is 77.8 Å². The maximum Gasteiger partial charge on any atom is 0.323 e. The molecule has 1 aliphatic carbocycles. The van der Waals surface area contributed by atoms with Crippen molar-refractivity contribution in [1.82, 2.24) is 15.3 Å². The molecule has 0 aliphatic heterocycles. The van der Waals surface area contributed by atoms with Crippen molar-refractivity contribution in [2.45, 2.75) is 25.8 Å². The molecule has 1 aromatic heterocycles. The maximum absolute atomic E-state index is 11.7. The second-order valence-electron chi connectivity index (χ2n) is 4.80. The summed E-state index contributed by atoms with van der Waals surface area (Å²) in [5.41, 5.74) is 2.34. The van der Waals surface area contributed by atoms with Crippen molar-refractivity contribution >= 4 is 16.9 Å². The predicted octanol–water partition coefficient (Wildman–Crippen LogP) is 1.27. The molecule has 1 fully saturated rings. The number of amides is 1. The monoisotopic (exact) mass is 245 g/mol. The normalized spacial score (nSPS) is 15.6. The van der Waals surface area contributed by atoms with E-state index in [9.17, 15) is 9.59 Å². The van der Waals surface area contributed by atoms with Crippen LogP contribution in [0.5, 0.6) is 0 Å². The molecule has 3 N–H and O–H groups in total. The summed E-state index contributed by atoms with van der Waals surface area (Å²) in [6.07, 6.45) is 3.18. The van der Waals surface area contributed by atoms with E-state index in [2.05, 4.69) is 15.3 Å². The average molecular weight is 245 g/mol. The smallest absolute Gasteiger partial charge is 0.323 e. The van der Waals surface area contributed by atoms with E-state index in [0.717, 1.165) is 35.9 Å². The molecule has 1 amide bonds. The van der Waals surface area contributed by atoms with Gasteiger partial charge in [0, 0.05) is 12.5 Å². The van der Waals surface area contributed by atoms with Crippen molar-refractivity contribution < 1.29 is 4.79 Å². The van der Waals surface area contributed by atoms with E-state index in [4.69, 9.17) is 0 Å². The second-order valence-corrected chi connectivity index (χ2v) is 4.80. The number of nitrogens with one attached hydrogen (secondary N) is 3. The molecular weight excluding hydrogens is 230 g/mol. The second kappa shape index (κ2) is 4.33. The molecule has 2 aromatic rings. The first-order valence-electron chi connectivity index (χ1n) is 6.21. The number of benzene rings is 1. The molecule has 94 valence electrons. The highest BCUT2D eigenvalue weighted by Crippen LogP contribution is 2.26. The zero-order valence-corrected chi connectivity index (χ0v) is 9.95. The summed E-state index contributed by atoms with van der Waals surface area (Å²) in [6.45, 7) is 0.512. The van der Waals surface area contributed by atoms with Crippen LogP contribution in [0.1, 0.15) is 24.8 Å². The molecule has 5 nitrogen and oxygen atoms in total. The number of hydrogen-bond acceptors (Lipinski definition) is 2. The number of imidazole rings is 1. The third-order valence-electron chi connectivity index (χ3n) is 3.52. The van der Waals surface area contributed by atoms with E-state index in [-0.39, 0.29) is 17.5 Å². The predicted molar refractivity (Wildman–Crippen MR) is 68.1 cm³/mol. The first kappa shape index (κ1) is 11.1. The van der Waals surface area contributed by atoms with Gasteiger partial charge in [0.25, 0.3) is 0 Å². The van der Waals surface area contributed by atoms with E-state index < -0.39 is 0 Å². The van der Waals surface area contributed by atoms with Crippen molar-refractivity contribution in [1.29, 1.82) is 0 Å². The summed E-state index contributed by atoms with van der Waals surface area (Å²) in [7, 11) is 0. The highest BCUT2D eigenvalue weighted by molar-refractivity contribution is 5.79. The minimum Gasteiger partial charge on any atom is -0.352 e. The van der Waals surface area contributed by atoms with E-state index in [0.29, 0.717) is 6.54 Å². The molecule has 5 heteroatoms. The SMILES string of the molecule is O=C(NCc1ccc2[nH]c(=O)[nH]c2c1)C1CCC1. The lowest BCUT2D eigenvalue weighted by atomic mass is 9.85. The van der Waals surface area contributed by atoms with Crippen LogP contribution >= 0.6 is 0 Å². The number of fused-ring (bicyclic) bond motifs is 1. The van der Waals surface area contributed by atoms with Gasteiger partial charge in [-0.2, -0.15) is 0 Å². The molecule has 0 spiro atoms. The van der Waals surface area contributed by atoms with E-state index in [1.54, 1.807) is 0 Å². The fourth-order valence-corrected chi connectivity index (χ4v) is 2.19. The summed E-state index contributed by atoms with van der Waals surface area (Å²) in [6, 6.07) is 5.64. The third kappa shape index (κ3) is 2.03. The number of aromatic amines is 2. The average Bonchev–Trinajstić information content (AvgIpc) is 2.63. The van der Waals surface area contributed by atoms with Crippen molar-refractivity contribution in [2.24, 2.45) is 5.92 Å². The Morgan fingerprint density at radius 3 is 2.78 bits per heavy atom. The van der Waals surface area contributed by atoms with Crippen LogP contribution in [0.4, 0.5) is 0 Å². The Kier molecular flexibility index (Phi) is 2.66. The first-order chi connectivity index (χ1) is 8.72. The molecule has 1 saturated carbocycles. The standard InChI is InChI=1S/C13H15N3O2/c17-12(9-2-1-3-9)14-7-8-4-5-10-11(6-8)16-13(18)15-10/h4-6,9H,1-3,7H2,(H,14,17)(H2,15,16,18). The number of H-pyrrole nitrogens is 2. The van der Waals surface area contributed by atoms with Crippen LogP contribution in [0.3, 0.4) is 0 Å². The van der Waals surface area contributed by atoms with Crippen molar-refractivity contribution in [2.75, 3.05) is 0 Å². The van der Waals surface area contributed by atoms with Crippen LogP contribution in [-0.4, -0.2) is 15.9 Å². The van der Waals surface area contributed by atoms with Gasteiger partial charge >= 0.3 is 5.69 Å². The van der Waals surface area contributed by atoms with Crippen LogP contribution in [0.15, 0.2) is 23.0 Å². The molecular formula is C13H15N3O2. The van der Waals surface area contributed by atoms with Crippen LogP contribution in [0.2, 0.25) is 0 Å². The third-order valence-corrected chi connectivity index (χ3v) is 3.52. The summed E-state index contributed by atoms with van der Waals surface area (Å²) >= 11 is 0. The van der Waals surface area contributed by atoms with Crippen LogP contribution < -0.4 is 11.0 Å². The quantitative estimate of drug-likeness (QED) is 0.761. The van der Waals surface area contributed by atoms with Gasteiger partial charge in [0.05, 0.1) is 11.0 Å². The summed E-state index contributed by atoms with van der Waals surface area (Å²) in [5.74, 6) is 0.352. The molecule has 1 aromatic carbocycles. The lowest BCUT2D eigenvalue weighted by Crippen LogP contribution is -2.33. The zero-order chi connectivity index (χ0) is 12.5. The van der Waals surface area contributed by atoms with Crippen molar-refractivity contribution in [3.63, 3.8) is 0 Å². The Hall–Kier alpha value is -2.04. The molecule has 0 bridgehead atoms. The van der Waals surface area contributed by atoms with Gasteiger partial charge in [0.2, 0.25) is 5.91 Å². The molecule has 1 aliphatic rings. The van der Waals surface area contributed by atoms with Gasteiger partial charge in [0.1, 0.15) is 0 Å². The highest BCUT2D eigenvalue weighted by Gasteiger charge is 2.24. The highest BCUT2D eigenvalue weighted by atomic mass is 16.2. The summed E-state index contributed by atoms with van der Waals surface area (Å²) < 4.78 is 0. The van der Waals surface area contributed by atoms with Crippen molar-refractivity contribution in [3.8, 4) is 0 Å². The number of aromatic nitrogens is 2. The van der Waals surface area contributed by atoms with Gasteiger partial charge in [-0.25, -0.2) is 4.79 Å². The van der Waals surface area contributed by atoms with Gasteiger partial charge in [-0.3, -0.25) is 4.79 Å². The number of hydrogen-bond donors (Lipinski definition) is 3. The summed E-state index contributed by atoms with van der Waals surface area (Å²) in [4.78, 5) is 28.2. The van der Waals surface area contributed by atoms with Gasteiger partial charge in [-0.1, -0.05) is 12.5 Å². The van der Waals surface area contributed by atoms with Gasteiger partial charge in [-0.05, 0) is 30.5 Å². The molecule has 0 radical (unpaired) electrons. The van der Waals surface area contributed by atoms with Crippen LogP contribution in [0, 0.1) is 5.92 Å². The molecule has 0 atom stereocenters. The fraction of sp³-hybridized carbons (Fsp3) is 0.385. The zero-order valence-electron chi connectivity index (χ0n) is 9.95. The number of rotatable bonds is 3. The van der Waals surface area contributed by atoms with E-state index in [1.807, 2.05) is 18.2 Å². The Morgan fingerprint density at radius 2 is 2.06 bits per heavy atom. The lowest BCUT2D eigenvalue weighted by molar-refractivity contribution is -0.127. The van der Waals surface area contributed by atoms with E-state index in [1.165, 1.54) is 0 Å². The number of carbonyl (C=O) groups excluding carboxylic acids is 1. The summed E-state index contributed by atoms with van der Waals surface area (Å²) in [5, 5.41) is 2.93. The molecule has 0 saturated heterocycles. The molecule has 0 unspecified atom stereocenters. The molecule has 3 rings (SSSR count). The lowest BCUT2D eigenvalue weighted by Gasteiger charge is -2.24. The largest absolute Gasteiger partial charge is 0.352 e. The Bertz CT molecular complexity index is 637. The number of carbonyl (C=O) groups is 1. The Balaban J connectivity index is 1.70. The van der Waals surface area contributed by atoms with Crippen LogP contribution in [-0.2, 0) is 11.3 Å². The molecule has 18 heavy (non-hydrogen) atoms. The van der Waals surface area contributed by atoms with Crippen molar-refractivity contribution in [3.05, 3.63) is 34.2 Å². The Labute approximate surface area is 104 Å². The van der Waals surface area contributed by atoms with Gasteiger partial charge in [0.15, 0.2) is 0 Å². The minimum atomic E-state index is -0.208.